The molecule has 0 bridgehead atoms. The molecular weight excluding hydrogens is 320 g/mol. The first-order chi connectivity index (χ1) is 12.1. The normalized spacial score (nSPS) is 26.4. The molecule has 0 radical (unpaired) electrons. The number of imide groups is 1. The van der Waals surface area contributed by atoms with E-state index in [1.54, 1.807) is 4.90 Å². The first-order valence-corrected chi connectivity index (χ1v) is 8.78. The van der Waals surface area contributed by atoms with Crippen LogP contribution in [0.3, 0.4) is 0 Å². The number of hydrogen-bond acceptors (Lipinski definition) is 5. The third-order valence-corrected chi connectivity index (χ3v) is 5.55. The molecule has 3 aliphatic heterocycles. The Morgan fingerprint density at radius 1 is 1.20 bits per heavy atom. The van der Waals surface area contributed by atoms with E-state index in [1.165, 1.54) is 0 Å². The minimum absolute atomic E-state index is 0.107. The molecule has 2 fully saturated rings. The van der Waals surface area contributed by atoms with Crippen molar-refractivity contribution < 1.29 is 14.4 Å². The summed E-state index contributed by atoms with van der Waals surface area (Å²) >= 11 is 0. The van der Waals surface area contributed by atoms with Crippen LogP contribution < -0.4 is 11.1 Å². The van der Waals surface area contributed by atoms with E-state index in [-0.39, 0.29) is 24.1 Å². The molecule has 0 aromatic heterocycles. The summed E-state index contributed by atoms with van der Waals surface area (Å²) in [4.78, 5) is 40.4. The van der Waals surface area contributed by atoms with E-state index in [2.05, 4.69) is 10.2 Å². The maximum atomic E-state index is 13.0. The fraction of sp³-hybridized carbons (Fsp3) is 0.500. The molecule has 7 nitrogen and oxygen atoms in total. The molecule has 4 rings (SSSR count). The number of nitrogens with two attached hydrogens (primary N) is 1. The molecule has 7 heteroatoms. The van der Waals surface area contributed by atoms with Gasteiger partial charge in [0.2, 0.25) is 11.8 Å². The molecule has 3 N–H and O–H groups in total. The molecule has 2 atom stereocenters. The molecular formula is C18H22N4O3. The predicted molar refractivity (Wildman–Crippen MR) is 90.4 cm³/mol. The Morgan fingerprint density at radius 3 is 2.72 bits per heavy atom. The summed E-state index contributed by atoms with van der Waals surface area (Å²) < 4.78 is 0. The molecule has 3 amide bonds. The van der Waals surface area contributed by atoms with Crippen LogP contribution in [-0.4, -0.2) is 52.7 Å². The van der Waals surface area contributed by atoms with Crippen molar-refractivity contribution in [3.05, 3.63) is 34.9 Å². The molecule has 1 aromatic carbocycles. The van der Waals surface area contributed by atoms with E-state index in [0.29, 0.717) is 32.1 Å². The largest absolute Gasteiger partial charge is 0.329 e. The lowest BCUT2D eigenvalue weighted by atomic mass is 9.98. The van der Waals surface area contributed by atoms with Crippen LogP contribution in [0, 0.1) is 0 Å². The number of fused-ring (bicyclic) bond motifs is 1. The highest BCUT2D eigenvalue weighted by atomic mass is 16.2. The minimum Gasteiger partial charge on any atom is -0.329 e. The zero-order valence-electron chi connectivity index (χ0n) is 14.0. The van der Waals surface area contributed by atoms with Gasteiger partial charge in [0.1, 0.15) is 6.04 Å². The SMILES string of the molecule is NCC1CCN1Cc1cccc2c1C(=O)N(C1CCC(=O)NC1=O)C2. The van der Waals surface area contributed by atoms with Crippen molar-refractivity contribution in [3.8, 4) is 0 Å². The van der Waals surface area contributed by atoms with Gasteiger partial charge in [0.15, 0.2) is 0 Å². The molecule has 3 heterocycles. The number of nitrogens with zero attached hydrogens (tertiary/aromatic N) is 2. The average Bonchev–Trinajstić information content (AvgIpc) is 2.90. The van der Waals surface area contributed by atoms with Crippen molar-refractivity contribution in [1.82, 2.24) is 15.1 Å². The van der Waals surface area contributed by atoms with Crippen LogP contribution in [0.1, 0.15) is 40.7 Å². The fourth-order valence-electron chi connectivity index (χ4n) is 4.01. The molecule has 2 saturated heterocycles. The highest BCUT2D eigenvalue weighted by Crippen LogP contribution is 2.31. The Labute approximate surface area is 146 Å². The molecule has 3 aliphatic rings. The van der Waals surface area contributed by atoms with E-state index in [4.69, 9.17) is 5.73 Å². The van der Waals surface area contributed by atoms with Crippen LogP contribution in [0.2, 0.25) is 0 Å². The van der Waals surface area contributed by atoms with Crippen LogP contribution in [0.15, 0.2) is 18.2 Å². The van der Waals surface area contributed by atoms with Crippen molar-refractivity contribution in [2.75, 3.05) is 13.1 Å². The summed E-state index contributed by atoms with van der Waals surface area (Å²) in [5, 5.41) is 2.34. The van der Waals surface area contributed by atoms with Gasteiger partial charge < -0.3 is 10.6 Å². The highest BCUT2D eigenvalue weighted by Gasteiger charge is 2.40. The number of nitrogens with one attached hydrogen (secondary N) is 1. The first kappa shape index (κ1) is 16.2. The second-order valence-corrected chi connectivity index (χ2v) is 7.00. The standard InChI is InChI=1S/C18H22N4O3/c19-8-13-6-7-21(13)9-11-2-1-3-12-10-22(18(25)16(11)12)14-4-5-15(23)20-17(14)24/h1-3,13-14H,4-10,19H2,(H,20,23,24). The Morgan fingerprint density at radius 2 is 2.04 bits per heavy atom. The Kier molecular flexibility index (Phi) is 4.05. The van der Waals surface area contributed by atoms with E-state index in [9.17, 15) is 14.4 Å². The zero-order valence-corrected chi connectivity index (χ0v) is 14.0. The van der Waals surface area contributed by atoms with Gasteiger partial charge in [0.25, 0.3) is 5.91 Å². The molecule has 1 aromatic rings. The van der Waals surface area contributed by atoms with E-state index in [0.717, 1.165) is 29.7 Å². The number of amides is 3. The number of carbonyl (C=O) groups excluding carboxylic acids is 3. The Bertz CT molecular complexity index is 746. The lowest BCUT2D eigenvalue weighted by Gasteiger charge is -2.40. The van der Waals surface area contributed by atoms with Crippen LogP contribution in [0.4, 0.5) is 0 Å². The number of benzene rings is 1. The van der Waals surface area contributed by atoms with Gasteiger partial charge in [-0.15, -0.1) is 0 Å². The lowest BCUT2D eigenvalue weighted by molar-refractivity contribution is -0.136. The molecule has 25 heavy (non-hydrogen) atoms. The van der Waals surface area contributed by atoms with E-state index in [1.807, 2.05) is 18.2 Å². The summed E-state index contributed by atoms with van der Waals surface area (Å²) in [6.45, 7) is 2.76. The fourth-order valence-corrected chi connectivity index (χ4v) is 4.01. The summed E-state index contributed by atoms with van der Waals surface area (Å²) in [5.41, 5.74) is 8.44. The van der Waals surface area contributed by atoms with Crippen LogP contribution in [-0.2, 0) is 22.7 Å². The predicted octanol–water partition coefficient (Wildman–Crippen LogP) is -0.0194. The average molecular weight is 342 g/mol. The van der Waals surface area contributed by atoms with Gasteiger partial charge in [0.05, 0.1) is 0 Å². The monoisotopic (exact) mass is 342 g/mol. The third-order valence-electron chi connectivity index (χ3n) is 5.55. The smallest absolute Gasteiger partial charge is 0.255 e. The van der Waals surface area contributed by atoms with Gasteiger partial charge in [-0.3, -0.25) is 24.6 Å². The summed E-state index contributed by atoms with van der Waals surface area (Å²) in [5.74, 6) is -0.744. The third kappa shape index (κ3) is 2.73. The summed E-state index contributed by atoms with van der Waals surface area (Å²) in [6, 6.07) is 5.72. The maximum absolute atomic E-state index is 13.0. The molecule has 132 valence electrons. The van der Waals surface area contributed by atoms with Crippen molar-refractivity contribution in [1.29, 1.82) is 0 Å². The maximum Gasteiger partial charge on any atom is 0.255 e. The van der Waals surface area contributed by atoms with E-state index < -0.39 is 6.04 Å². The molecule has 0 spiro atoms. The second kappa shape index (κ2) is 6.24. The van der Waals surface area contributed by atoms with Gasteiger partial charge in [0, 0.05) is 44.2 Å². The number of rotatable bonds is 4. The number of likely N-dealkylation sites (tertiary alicyclic amines) is 1. The van der Waals surface area contributed by atoms with Gasteiger partial charge >= 0.3 is 0 Å². The van der Waals surface area contributed by atoms with Crippen molar-refractivity contribution in [2.24, 2.45) is 5.73 Å². The van der Waals surface area contributed by atoms with Crippen LogP contribution in [0.5, 0.6) is 0 Å². The number of hydrogen-bond donors (Lipinski definition) is 2. The van der Waals surface area contributed by atoms with Crippen LogP contribution >= 0.6 is 0 Å². The lowest BCUT2D eigenvalue weighted by Crippen LogP contribution is -2.52. The van der Waals surface area contributed by atoms with Gasteiger partial charge in [-0.05, 0) is 24.0 Å². The second-order valence-electron chi connectivity index (χ2n) is 7.00. The molecule has 2 unspecified atom stereocenters. The highest BCUT2D eigenvalue weighted by molar-refractivity contribution is 6.05. The Balaban J connectivity index is 1.56. The topological polar surface area (TPSA) is 95.7 Å². The zero-order chi connectivity index (χ0) is 17.6. The number of piperidine rings is 1. The Hall–Kier alpha value is -2.25. The van der Waals surface area contributed by atoms with E-state index >= 15 is 0 Å². The van der Waals surface area contributed by atoms with Gasteiger partial charge in [-0.1, -0.05) is 18.2 Å². The summed E-state index contributed by atoms with van der Waals surface area (Å²) in [7, 11) is 0. The minimum atomic E-state index is -0.564. The van der Waals surface area contributed by atoms with Crippen molar-refractivity contribution >= 4 is 17.7 Å². The van der Waals surface area contributed by atoms with Gasteiger partial charge in [-0.25, -0.2) is 0 Å². The molecule has 0 aliphatic carbocycles. The molecule has 0 saturated carbocycles. The van der Waals surface area contributed by atoms with Gasteiger partial charge in [-0.2, -0.15) is 0 Å². The van der Waals surface area contributed by atoms with Crippen molar-refractivity contribution in [3.63, 3.8) is 0 Å². The number of carbonyl (C=O) groups is 3. The van der Waals surface area contributed by atoms with Crippen LogP contribution in [0.25, 0.3) is 0 Å². The summed E-state index contributed by atoms with van der Waals surface area (Å²) in [6.07, 6.45) is 1.76. The quantitative estimate of drug-likeness (QED) is 0.750. The van der Waals surface area contributed by atoms with Crippen molar-refractivity contribution in [2.45, 2.75) is 44.4 Å². The first-order valence-electron chi connectivity index (χ1n) is 8.78.